The Balaban J connectivity index is 1.98. The molecule has 22 heavy (non-hydrogen) atoms. The summed E-state index contributed by atoms with van der Waals surface area (Å²) in [6, 6.07) is 7.81. The van der Waals surface area contributed by atoms with Crippen LogP contribution in [0.5, 0.6) is 0 Å². The minimum absolute atomic E-state index is 0.0455. The van der Waals surface area contributed by atoms with Crippen molar-refractivity contribution in [3.63, 3.8) is 0 Å². The van der Waals surface area contributed by atoms with Gasteiger partial charge < -0.3 is 4.74 Å². The zero-order chi connectivity index (χ0) is 15.9. The normalized spacial score (nSPS) is 10.6. The van der Waals surface area contributed by atoms with Gasteiger partial charge in [-0.15, -0.1) is 11.8 Å². The van der Waals surface area contributed by atoms with E-state index in [0.717, 1.165) is 10.2 Å². The molecule has 0 saturated carbocycles. The molecule has 5 nitrogen and oxygen atoms in total. The minimum atomic E-state index is -0.289. The van der Waals surface area contributed by atoms with E-state index in [1.54, 1.807) is 11.8 Å². The van der Waals surface area contributed by atoms with Crippen molar-refractivity contribution >= 4 is 50.3 Å². The van der Waals surface area contributed by atoms with E-state index in [2.05, 4.69) is 4.98 Å². The van der Waals surface area contributed by atoms with Gasteiger partial charge in [0, 0.05) is 6.54 Å². The molecule has 0 radical (unpaired) electrons. The fourth-order valence-electron chi connectivity index (χ4n) is 1.90. The number of thiazole rings is 1. The smallest absolute Gasteiger partial charge is 0.315 e. The van der Waals surface area contributed by atoms with Gasteiger partial charge in [-0.2, -0.15) is 0 Å². The topological polar surface area (TPSA) is 59.5 Å². The lowest BCUT2D eigenvalue weighted by Gasteiger charge is -2.17. The maximum atomic E-state index is 12.3. The second-order valence-electron chi connectivity index (χ2n) is 4.40. The number of amides is 1. The van der Waals surface area contributed by atoms with Gasteiger partial charge in [0.25, 0.3) is 0 Å². The van der Waals surface area contributed by atoms with Gasteiger partial charge >= 0.3 is 5.97 Å². The molecular weight excluding hydrogens is 320 g/mol. The van der Waals surface area contributed by atoms with E-state index < -0.39 is 0 Å². The number of ether oxygens (including phenoxy) is 1. The zero-order valence-electron chi connectivity index (χ0n) is 12.6. The predicted molar refractivity (Wildman–Crippen MR) is 91.6 cm³/mol. The Kier molecular flexibility index (Phi) is 6.21. The highest BCUT2D eigenvalue weighted by Gasteiger charge is 2.18. The molecule has 2 aromatic rings. The van der Waals surface area contributed by atoms with E-state index in [4.69, 9.17) is 4.74 Å². The van der Waals surface area contributed by atoms with Crippen molar-refractivity contribution in [1.29, 1.82) is 0 Å². The van der Waals surface area contributed by atoms with Crippen molar-refractivity contribution in [2.24, 2.45) is 0 Å². The Morgan fingerprint density at radius 2 is 2.05 bits per heavy atom. The number of rotatable bonds is 7. The molecule has 1 aromatic carbocycles. The lowest BCUT2D eigenvalue weighted by molar-refractivity contribution is -0.139. The molecule has 7 heteroatoms. The van der Waals surface area contributed by atoms with Crippen LogP contribution in [0.1, 0.15) is 13.8 Å². The Morgan fingerprint density at radius 3 is 2.73 bits per heavy atom. The summed E-state index contributed by atoms with van der Waals surface area (Å²) in [5.41, 5.74) is 0.896. The number of anilines is 1. The summed E-state index contributed by atoms with van der Waals surface area (Å²) in [6.07, 6.45) is 0. The Labute approximate surface area is 137 Å². The van der Waals surface area contributed by atoms with E-state index in [1.165, 1.54) is 23.1 Å². The van der Waals surface area contributed by atoms with Crippen LogP contribution < -0.4 is 4.90 Å². The monoisotopic (exact) mass is 338 g/mol. The first-order chi connectivity index (χ1) is 10.7. The molecule has 1 amide bonds. The summed E-state index contributed by atoms with van der Waals surface area (Å²) < 4.78 is 5.90. The highest BCUT2D eigenvalue weighted by atomic mass is 32.2. The van der Waals surface area contributed by atoms with Gasteiger partial charge in [-0.1, -0.05) is 23.5 Å². The van der Waals surface area contributed by atoms with E-state index >= 15 is 0 Å². The van der Waals surface area contributed by atoms with Crippen molar-refractivity contribution in [3.8, 4) is 0 Å². The molecule has 2 rings (SSSR count). The van der Waals surface area contributed by atoms with Crippen LogP contribution in [-0.2, 0) is 14.3 Å². The standard InChI is InChI=1S/C15H18N2O3S2/c1-3-17(13(18)9-21-10-14(19)20-4-2)15-16-11-7-5-6-8-12(11)22-15/h5-8H,3-4,9-10H2,1-2H3. The Hall–Kier alpha value is -1.60. The van der Waals surface area contributed by atoms with Crippen LogP contribution in [-0.4, -0.2) is 41.5 Å². The minimum Gasteiger partial charge on any atom is -0.465 e. The van der Waals surface area contributed by atoms with Crippen LogP contribution in [0.4, 0.5) is 5.13 Å². The summed E-state index contributed by atoms with van der Waals surface area (Å²) in [5, 5.41) is 0.699. The first kappa shape index (κ1) is 16.8. The maximum absolute atomic E-state index is 12.3. The number of fused-ring (bicyclic) bond motifs is 1. The summed E-state index contributed by atoms with van der Waals surface area (Å²) in [4.78, 5) is 29.7. The molecular formula is C15H18N2O3S2. The highest BCUT2D eigenvalue weighted by molar-refractivity contribution is 8.00. The third-order valence-corrected chi connectivity index (χ3v) is 4.83. The molecule has 0 saturated heterocycles. The van der Waals surface area contributed by atoms with Crippen molar-refractivity contribution in [2.75, 3.05) is 29.6 Å². The molecule has 0 aliphatic heterocycles. The quantitative estimate of drug-likeness (QED) is 0.727. The van der Waals surface area contributed by atoms with Crippen molar-refractivity contribution in [3.05, 3.63) is 24.3 Å². The molecule has 0 N–H and O–H groups in total. The summed E-state index contributed by atoms with van der Waals surface area (Å²) in [7, 11) is 0. The number of aromatic nitrogens is 1. The molecule has 1 heterocycles. The summed E-state index contributed by atoms with van der Waals surface area (Å²) in [6.45, 7) is 4.60. The summed E-state index contributed by atoms with van der Waals surface area (Å²) >= 11 is 2.77. The zero-order valence-corrected chi connectivity index (χ0v) is 14.2. The number of para-hydroxylation sites is 1. The van der Waals surface area contributed by atoms with Gasteiger partial charge in [0.15, 0.2) is 5.13 Å². The molecule has 0 aliphatic rings. The van der Waals surface area contributed by atoms with Gasteiger partial charge in [0.05, 0.1) is 28.3 Å². The molecule has 0 unspecified atom stereocenters. The lowest BCUT2D eigenvalue weighted by Crippen LogP contribution is -2.32. The number of thioether (sulfide) groups is 1. The van der Waals surface area contributed by atoms with Crippen molar-refractivity contribution in [2.45, 2.75) is 13.8 Å². The van der Waals surface area contributed by atoms with Gasteiger partial charge in [-0.3, -0.25) is 14.5 Å². The molecule has 0 bridgehead atoms. The number of carbonyl (C=O) groups is 2. The van der Waals surface area contributed by atoms with E-state index in [0.29, 0.717) is 18.3 Å². The first-order valence-corrected chi connectivity index (χ1v) is 9.02. The van der Waals surface area contributed by atoms with E-state index in [-0.39, 0.29) is 23.4 Å². The molecule has 0 atom stereocenters. The second-order valence-corrected chi connectivity index (χ2v) is 6.39. The highest BCUT2D eigenvalue weighted by Crippen LogP contribution is 2.28. The number of benzene rings is 1. The molecule has 0 fully saturated rings. The third-order valence-electron chi connectivity index (χ3n) is 2.88. The number of nitrogens with zero attached hydrogens (tertiary/aromatic N) is 2. The van der Waals surface area contributed by atoms with Crippen molar-refractivity contribution < 1.29 is 14.3 Å². The predicted octanol–water partition coefficient (Wildman–Crippen LogP) is 2.95. The van der Waals surface area contributed by atoms with Gasteiger partial charge in [0.2, 0.25) is 5.91 Å². The largest absolute Gasteiger partial charge is 0.465 e. The van der Waals surface area contributed by atoms with Crippen LogP contribution in [0.15, 0.2) is 24.3 Å². The van der Waals surface area contributed by atoms with Crippen LogP contribution >= 0.6 is 23.1 Å². The number of carbonyl (C=O) groups excluding carboxylic acids is 2. The second kappa shape index (κ2) is 8.14. The average Bonchev–Trinajstić information content (AvgIpc) is 2.91. The van der Waals surface area contributed by atoms with Crippen LogP contribution in [0.25, 0.3) is 10.2 Å². The molecule has 0 spiro atoms. The van der Waals surface area contributed by atoms with Gasteiger partial charge in [-0.05, 0) is 26.0 Å². The molecule has 118 valence electrons. The number of hydrogen-bond acceptors (Lipinski definition) is 6. The Bertz CT molecular complexity index is 624. The molecule has 1 aromatic heterocycles. The van der Waals surface area contributed by atoms with Crippen molar-refractivity contribution in [1.82, 2.24) is 4.98 Å². The fourth-order valence-corrected chi connectivity index (χ4v) is 3.63. The van der Waals surface area contributed by atoms with Crippen LogP contribution in [0.3, 0.4) is 0 Å². The maximum Gasteiger partial charge on any atom is 0.315 e. The first-order valence-electron chi connectivity index (χ1n) is 7.05. The van der Waals surface area contributed by atoms with E-state index in [9.17, 15) is 9.59 Å². The Morgan fingerprint density at radius 1 is 1.27 bits per heavy atom. The van der Waals surface area contributed by atoms with Gasteiger partial charge in [0.1, 0.15) is 0 Å². The summed E-state index contributed by atoms with van der Waals surface area (Å²) in [5.74, 6) is 0.0960. The third kappa shape index (κ3) is 4.20. The van der Waals surface area contributed by atoms with Crippen LogP contribution in [0.2, 0.25) is 0 Å². The fraction of sp³-hybridized carbons (Fsp3) is 0.400. The van der Waals surface area contributed by atoms with E-state index in [1.807, 2.05) is 31.2 Å². The average molecular weight is 338 g/mol. The number of hydrogen-bond donors (Lipinski definition) is 0. The van der Waals surface area contributed by atoms with Gasteiger partial charge in [-0.25, -0.2) is 4.98 Å². The SMILES string of the molecule is CCOC(=O)CSCC(=O)N(CC)c1nc2ccccc2s1. The number of esters is 1. The lowest BCUT2D eigenvalue weighted by atomic mass is 10.3. The van der Waals surface area contributed by atoms with Crippen LogP contribution in [0, 0.1) is 0 Å². The molecule has 0 aliphatic carbocycles.